The number of rotatable bonds is 4. The van der Waals surface area contributed by atoms with Gasteiger partial charge >= 0.3 is 0 Å². The molecule has 25 heavy (non-hydrogen) atoms. The molecular weight excluding hydrogens is 318 g/mol. The fourth-order valence-electron chi connectivity index (χ4n) is 3.88. The molecule has 6 heteroatoms. The largest absolute Gasteiger partial charge is 0.496 e. The Morgan fingerprint density at radius 1 is 1.28 bits per heavy atom. The van der Waals surface area contributed by atoms with Gasteiger partial charge in [-0.15, -0.1) is 0 Å². The molecule has 2 aliphatic heterocycles. The lowest BCUT2D eigenvalue weighted by molar-refractivity contribution is -0.142. The molecule has 3 rings (SSSR count). The van der Waals surface area contributed by atoms with Crippen molar-refractivity contribution in [1.82, 2.24) is 14.8 Å². The predicted octanol–water partition coefficient (Wildman–Crippen LogP) is 1.92. The van der Waals surface area contributed by atoms with Gasteiger partial charge in [0.15, 0.2) is 0 Å². The third kappa shape index (κ3) is 3.96. The minimum Gasteiger partial charge on any atom is -0.496 e. The van der Waals surface area contributed by atoms with E-state index in [-0.39, 0.29) is 11.9 Å². The maximum Gasteiger partial charge on any atom is 0.240 e. The van der Waals surface area contributed by atoms with E-state index in [0.29, 0.717) is 32.8 Å². The molecule has 1 aromatic rings. The van der Waals surface area contributed by atoms with Crippen molar-refractivity contribution in [3.05, 3.63) is 23.0 Å². The number of morpholine rings is 1. The summed E-state index contributed by atoms with van der Waals surface area (Å²) in [5, 5.41) is 0. The van der Waals surface area contributed by atoms with Crippen molar-refractivity contribution in [2.24, 2.45) is 0 Å². The van der Waals surface area contributed by atoms with Crippen molar-refractivity contribution in [3.8, 4) is 5.75 Å². The maximum atomic E-state index is 13.0. The molecule has 0 radical (unpaired) electrons. The number of carbonyl (C=O) groups excluding carboxylic acids is 1. The molecule has 6 nitrogen and oxygen atoms in total. The number of hydrogen-bond donors (Lipinski definition) is 0. The number of amides is 1. The molecule has 0 N–H and O–H groups in total. The average molecular weight is 347 g/mol. The molecule has 1 atom stereocenters. The summed E-state index contributed by atoms with van der Waals surface area (Å²) >= 11 is 0. The highest BCUT2D eigenvalue weighted by Gasteiger charge is 2.33. The number of aromatic nitrogens is 1. The smallest absolute Gasteiger partial charge is 0.240 e. The first kappa shape index (κ1) is 18.1. The van der Waals surface area contributed by atoms with Crippen LogP contribution in [0.25, 0.3) is 0 Å². The van der Waals surface area contributed by atoms with Crippen LogP contribution in [0.15, 0.2) is 6.20 Å². The summed E-state index contributed by atoms with van der Waals surface area (Å²) in [5.41, 5.74) is 3.12. The van der Waals surface area contributed by atoms with Gasteiger partial charge in [0, 0.05) is 37.0 Å². The first-order valence-corrected chi connectivity index (χ1v) is 9.21. The number of nitrogens with zero attached hydrogens (tertiary/aromatic N) is 3. The Morgan fingerprint density at radius 3 is 2.76 bits per heavy atom. The van der Waals surface area contributed by atoms with Crippen LogP contribution >= 0.6 is 0 Å². The van der Waals surface area contributed by atoms with E-state index < -0.39 is 0 Å². The highest BCUT2D eigenvalue weighted by molar-refractivity contribution is 5.82. The second-order valence-corrected chi connectivity index (χ2v) is 6.97. The normalized spacial score (nSPS) is 22.0. The monoisotopic (exact) mass is 347 g/mol. The van der Waals surface area contributed by atoms with Gasteiger partial charge < -0.3 is 14.4 Å². The molecule has 138 valence electrons. The first-order chi connectivity index (χ1) is 12.1. The Hall–Kier alpha value is -1.66. The number of likely N-dealkylation sites (tertiary alicyclic amines) is 1. The third-order valence-electron chi connectivity index (χ3n) is 5.32. The number of piperidine rings is 1. The lowest BCUT2D eigenvalue weighted by Crippen LogP contribution is -2.53. The first-order valence-electron chi connectivity index (χ1n) is 9.21. The van der Waals surface area contributed by atoms with E-state index >= 15 is 0 Å². The van der Waals surface area contributed by atoms with E-state index in [1.165, 1.54) is 0 Å². The van der Waals surface area contributed by atoms with Crippen LogP contribution in [0.3, 0.4) is 0 Å². The van der Waals surface area contributed by atoms with Gasteiger partial charge in [0.2, 0.25) is 5.91 Å². The standard InChI is InChI=1S/C19H29N3O3/c1-14-12-20-16(15(2)18(14)24-3)13-22-7-5-4-6-17(22)19(23)21-8-10-25-11-9-21/h12,17H,4-11,13H2,1-3H3/t17-/m0/s1. The fourth-order valence-corrected chi connectivity index (χ4v) is 3.88. The number of aryl methyl sites for hydroxylation is 1. The van der Waals surface area contributed by atoms with Gasteiger partial charge in [-0.1, -0.05) is 6.42 Å². The molecule has 1 amide bonds. The highest BCUT2D eigenvalue weighted by atomic mass is 16.5. The quantitative estimate of drug-likeness (QED) is 0.833. The Bertz CT molecular complexity index is 614. The zero-order valence-electron chi connectivity index (χ0n) is 15.6. The molecule has 3 heterocycles. The van der Waals surface area contributed by atoms with E-state index in [1.807, 2.05) is 18.0 Å². The molecule has 0 aromatic carbocycles. The van der Waals surface area contributed by atoms with Crippen molar-refractivity contribution in [3.63, 3.8) is 0 Å². The van der Waals surface area contributed by atoms with Crippen molar-refractivity contribution >= 4 is 5.91 Å². The van der Waals surface area contributed by atoms with Crippen LogP contribution in [0.2, 0.25) is 0 Å². The summed E-state index contributed by atoms with van der Waals surface area (Å²) in [6, 6.07) is -0.0413. The summed E-state index contributed by atoms with van der Waals surface area (Å²) < 4.78 is 10.9. The zero-order chi connectivity index (χ0) is 17.8. The van der Waals surface area contributed by atoms with E-state index in [4.69, 9.17) is 9.47 Å². The molecule has 2 aliphatic rings. The maximum absolute atomic E-state index is 13.0. The van der Waals surface area contributed by atoms with Crippen molar-refractivity contribution < 1.29 is 14.3 Å². The fraction of sp³-hybridized carbons (Fsp3) is 0.684. The van der Waals surface area contributed by atoms with Crippen molar-refractivity contribution in [1.29, 1.82) is 0 Å². The number of methoxy groups -OCH3 is 1. The zero-order valence-corrected chi connectivity index (χ0v) is 15.6. The number of pyridine rings is 1. The van der Waals surface area contributed by atoms with Crippen molar-refractivity contribution in [2.45, 2.75) is 45.7 Å². The third-order valence-corrected chi connectivity index (χ3v) is 5.32. The van der Waals surface area contributed by atoms with Crippen LogP contribution in [0, 0.1) is 13.8 Å². The number of carbonyl (C=O) groups is 1. The van der Waals surface area contributed by atoms with Crippen LogP contribution in [0.4, 0.5) is 0 Å². The minimum absolute atomic E-state index is 0.0413. The van der Waals surface area contributed by atoms with Gasteiger partial charge in [0.25, 0.3) is 0 Å². The SMILES string of the molecule is COc1c(C)cnc(CN2CCCC[C@H]2C(=O)N2CCOCC2)c1C. The van der Waals surface area contributed by atoms with Crippen LogP contribution in [-0.2, 0) is 16.1 Å². The Morgan fingerprint density at radius 2 is 2.04 bits per heavy atom. The van der Waals surface area contributed by atoms with E-state index in [2.05, 4.69) is 16.8 Å². The summed E-state index contributed by atoms with van der Waals surface area (Å²) in [4.78, 5) is 21.9. The molecule has 0 spiro atoms. The molecular formula is C19H29N3O3. The van der Waals surface area contributed by atoms with Crippen LogP contribution < -0.4 is 4.74 Å². The molecule has 0 unspecified atom stereocenters. The van der Waals surface area contributed by atoms with E-state index in [9.17, 15) is 4.79 Å². The topological polar surface area (TPSA) is 54.9 Å². The second-order valence-electron chi connectivity index (χ2n) is 6.97. The average Bonchev–Trinajstić information content (AvgIpc) is 2.65. The highest BCUT2D eigenvalue weighted by Crippen LogP contribution is 2.27. The Balaban J connectivity index is 1.76. The Labute approximate surface area is 150 Å². The lowest BCUT2D eigenvalue weighted by atomic mass is 9.99. The van der Waals surface area contributed by atoms with Crippen LogP contribution in [0.5, 0.6) is 5.75 Å². The summed E-state index contributed by atoms with van der Waals surface area (Å²) in [6.45, 7) is 8.41. The van der Waals surface area contributed by atoms with E-state index in [1.54, 1.807) is 7.11 Å². The van der Waals surface area contributed by atoms with Gasteiger partial charge in [-0.05, 0) is 33.2 Å². The van der Waals surface area contributed by atoms with Crippen molar-refractivity contribution in [2.75, 3.05) is 40.0 Å². The van der Waals surface area contributed by atoms with Gasteiger partial charge in [-0.25, -0.2) is 0 Å². The summed E-state index contributed by atoms with van der Waals surface area (Å²) in [5.74, 6) is 1.15. The summed E-state index contributed by atoms with van der Waals surface area (Å²) in [7, 11) is 1.70. The molecule has 0 saturated carbocycles. The predicted molar refractivity (Wildman–Crippen MR) is 95.7 cm³/mol. The molecule has 0 aliphatic carbocycles. The lowest BCUT2D eigenvalue weighted by Gasteiger charge is -2.38. The second kappa shape index (κ2) is 8.15. The molecule has 2 saturated heterocycles. The van der Waals surface area contributed by atoms with Gasteiger partial charge in [0.1, 0.15) is 5.75 Å². The van der Waals surface area contributed by atoms with Gasteiger partial charge in [0.05, 0.1) is 32.1 Å². The molecule has 2 fully saturated rings. The Kier molecular flexibility index (Phi) is 5.91. The number of ether oxygens (including phenoxy) is 2. The minimum atomic E-state index is -0.0413. The van der Waals surface area contributed by atoms with Crippen LogP contribution in [-0.4, -0.2) is 66.7 Å². The van der Waals surface area contributed by atoms with Crippen LogP contribution in [0.1, 0.15) is 36.1 Å². The number of hydrogen-bond acceptors (Lipinski definition) is 5. The molecule has 1 aromatic heterocycles. The van der Waals surface area contributed by atoms with E-state index in [0.717, 1.165) is 48.4 Å². The van der Waals surface area contributed by atoms with Gasteiger partial charge in [-0.3, -0.25) is 14.7 Å². The van der Waals surface area contributed by atoms with Gasteiger partial charge in [-0.2, -0.15) is 0 Å². The summed E-state index contributed by atoms with van der Waals surface area (Å²) in [6.07, 6.45) is 5.04. The molecule has 0 bridgehead atoms.